The molecule has 3 N–H and O–H groups in total. The molecular formula is C13H17N5S. The Balaban J connectivity index is 1.76. The molecule has 0 amide bonds. The van der Waals surface area contributed by atoms with Crippen molar-refractivity contribution in [2.45, 2.75) is 19.9 Å². The fourth-order valence-electron chi connectivity index (χ4n) is 1.58. The molecular weight excluding hydrogens is 258 g/mol. The van der Waals surface area contributed by atoms with E-state index in [2.05, 4.69) is 37.8 Å². The lowest BCUT2D eigenvalue weighted by Gasteiger charge is -2.04. The highest BCUT2D eigenvalue weighted by Gasteiger charge is 1.97. The van der Waals surface area contributed by atoms with E-state index in [0.717, 1.165) is 24.5 Å². The molecule has 0 saturated heterocycles. The molecule has 100 valence electrons. The van der Waals surface area contributed by atoms with Crippen LogP contribution in [0.2, 0.25) is 0 Å². The Morgan fingerprint density at radius 2 is 2.37 bits per heavy atom. The summed E-state index contributed by atoms with van der Waals surface area (Å²) in [5, 5.41) is 5.17. The maximum atomic E-state index is 5.80. The van der Waals surface area contributed by atoms with Gasteiger partial charge in [-0.25, -0.2) is 15.0 Å². The van der Waals surface area contributed by atoms with Gasteiger partial charge in [0.15, 0.2) is 5.96 Å². The highest BCUT2D eigenvalue weighted by Crippen LogP contribution is 2.07. The zero-order valence-corrected chi connectivity index (χ0v) is 11.7. The summed E-state index contributed by atoms with van der Waals surface area (Å²) in [5.74, 6) is 1.20. The fourth-order valence-corrected chi connectivity index (χ4v) is 2.29. The van der Waals surface area contributed by atoms with E-state index in [4.69, 9.17) is 5.73 Å². The first-order valence-electron chi connectivity index (χ1n) is 6.09. The molecule has 0 aliphatic carbocycles. The number of aliphatic imine (C=N–C) groups is 1. The van der Waals surface area contributed by atoms with Gasteiger partial charge in [0.2, 0.25) is 0 Å². The summed E-state index contributed by atoms with van der Waals surface area (Å²) < 4.78 is 0. The van der Waals surface area contributed by atoms with Gasteiger partial charge in [-0.3, -0.25) is 0 Å². The van der Waals surface area contributed by atoms with Crippen molar-refractivity contribution in [3.8, 4) is 0 Å². The van der Waals surface area contributed by atoms with Crippen LogP contribution in [-0.2, 0) is 13.0 Å². The minimum absolute atomic E-state index is 0.452. The quantitative estimate of drug-likeness (QED) is 0.640. The Kier molecular flexibility index (Phi) is 4.85. The van der Waals surface area contributed by atoms with Crippen molar-refractivity contribution in [3.63, 3.8) is 0 Å². The number of aryl methyl sites for hydroxylation is 1. The van der Waals surface area contributed by atoms with Crippen LogP contribution in [0.15, 0.2) is 34.8 Å². The van der Waals surface area contributed by atoms with E-state index < -0.39 is 0 Å². The number of nitrogens with zero attached hydrogens (tertiary/aromatic N) is 3. The Morgan fingerprint density at radius 3 is 3.11 bits per heavy atom. The van der Waals surface area contributed by atoms with Gasteiger partial charge in [0.25, 0.3) is 0 Å². The lowest BCUT2D eigenvalue weighted by Crippen LogP contribution is -2.33. The maximum absolute atomic E-state index is 5.80. The molecule has 6 heteroatoms. The van der Waals surface area contributed by atoms with Crippen LogP contribution in [-0.4, -0.2) is 22.5 Å². The summed E-state index contributed by atoms with van der Waals surface area (Å²) in [6, 6.07) is 6.01. The molecule has 5 nitrogen and oxygen atoms in total. The molecule has 0 unspecified atom stereocenters. The van der Waals surface area contributed by atoms with Crippen LogP contribution in [0.5, 0.6) is 0 Å². The van der Waals surface area contributed by atoms with Gasteiger partial charge in [0, 0.05) is 17.6 Å². The van der Waals surface area contributed by atoms with Crippen molar-refractivity contribution < 1.29 is 0 Å². The highest BCUT2D eigenvalue weighted by molar-refractivity contribution is 7.09. The molecule has 2 heterocycles. The monoisotopic (exact) mass is 275 g/mol. The normalized spacial score (nSPS) is 11.5. The molecule has 0 bridgehead atoms. The van der Waals surface area contributed by atoms with Gasteiger partial charge in [-0.2, -0.15) is 0 Å². The van der Waals surface area contributed by atoms with E-state index >= 15 is 0 Å². The first-order chi connectivity index (χ1) is 9.24. The lowest BCUT2D eigenvalue weighted by atomic mass is 10.3. The standard InChI is InChI=1S/C13H17N5S/c1-10-15-6-4-11(18-10)9-17-13(14)16-7-5-12-3-2-8-19-12/h2-4,6,8H,5,7,9H2,1H3,(H3,14,16,17). The fraction of sp³-hybridized carbons (Fsp3) is 0.308. The Labute approximate surface area is 116 Å². The van der Waals surface area contributed by atoms with Crippen molar-refractivity contribution in [1.29, 1.82) is 0 Å². The molecule has 2 aromatic rings. The van der Waals surface area contributed by atoms with Crippen molar-refractivity contribution in [2.24, 2.45) is 10.7 Å². The van der Waals surface area contributed by atoms with Crippen molar-refractivity contribution in [2.75, 3.05) is 6.54 Å². The predicted octanol–water partition coefficient (Wildman–Crippen LogP) is 1.49. The molecule has 0 aliphatic heterocycles. The molecule has 19 heavy (non-hydrogen) atoms. The highest BCUT2D eigenvalue weighted by atomic mass is 32.1. The van der Waals surface area contributed by atoms with Gasteiger partial charge in [0.05, 0.1) is 12.2 Å². The number of nitrogens with two attached hydrogens (primary N) is 1. The van der Waals surface area contributed by atoms with Crippen LogP contribution in [0.3, 0.4) is 0 Å². The third-order valence-electron chi connectivity index (χ3n) is 2.50. The van der Waals surface area contributed by atoms with Crippen LogP contribution in [0.1, 0.15) is 16.4 Å². The van der Waals surface area contributed by atoms with Crippen LogP contribution < -0.4 is 11.1 Å². The van der Waals surface area contributed by atoms with E-state index in [-0.39, 0.29) is 0 Å². The first-order valence-corrected chi connectivity index (χ1v) is 6.97. The number of nitrogens with one attached hydrogen (secondary N) is 1. The minimum atomic E-state index is 0.452. The van der Waals surface area contributed by atoms with E-state index in [1.807, 2.05) is 13.0 Å². The summed E-state index contributed by atoms with van der Waals surface area (Å²) in [5.41, 5.74) is 6.67. The van der Waals surface area contributed by atoms with Crippen LogP contribution in [0.4, 0.5) is 0 Å². The number of aromatic nitrogens is 2. The Hall–Kier alpha value is -1.95. The van der Waals surface area contributed by atoms with Crippen LogP contribution >= 0.6 is 11.3 Å². The zero-order chi connectivity index (χ0) is 13.5. The average Bonchev–Trinajstić information content (AvgIpc) is 2.90. The van der Waals surface area contributed by atoms with E-state index in [1.54, 1.807) is 17.5 Å². The Bertz CT molecular complexity index is 536. The molecule has 0 fully saturated rings. The summed E-state index contributed by atoms with van der Waals surface area (Å²) in [6.07, 6.45) is 2.69. The first kappa shape index (κ1) is 13.5. The van der Waals surface area contributed by atoms with E-state index in [1.165, 1.54) is 4.88 Å². The lowest BCUT2D eigenvalue weighted by molar-refractivity contribution is 0.848. The summed E-state index contributed by atoms with van der Waals surface area (Å²) in [4.78, 5) is 13.9. The van der Waals surface area contributed by atoms with Gasteiger partial charge < -0.3 is 11.1 Å². The molecule has 2 rings (SSSR count). The van der Waals surface area contributed by atoms with Gasteiger partial charge in [-0.05, 0) is 30.9 Å². The molecule has 0 radical (unpaired) electrons. The van der Waals surface area contributed by atoms with Crippen molar-refractivity contribution >= 4 is 17.3 Å². The summed E-state index contributed by atoms with van der Waals surface area (Å²) in [7, 11) is 0. The van der Waals surface area contributed by atoms with E-state index in [9.17, 15) is 0 Å². The van der Waals surface area contributed by atoms with Gasteiger partial charge in [-0.15, -0.1) is 11.3 Å². The number of hydrogen-bond acceptors (Lipinski definition) is 4. The largest absolute Gasteiger partial charge is 0.370 e. The second-order valence-electron chi connectivity index (χ2n) is 4.05. The second kappa shape index (κ2) is 6.84. The summed E-state index contributed by atoms with van der Waals surface area (Å²) in [6.45, 7) is 3.12. The molecule has 2 aromatic heterocycles. The minimum Gasteiger partial charge on any atom is -0.370 e. The Morgan fingerprint density at radius 1 is 1.47 bits per heavy atom. The van der Waals surface area contributed by atoms with Crippen LogP contribution in [0.25, 0.3) is 0 Å². The molecule has 0 aromatic carbocycles. The topological polar surface area (TPSA) is 76.2 Å². The molecule has 0 saturated carbocycles. The predicted molar refractivity (Wildman–Crippen MR) is 78.1 cm³/mol. The zero-order valence-electron chi connectivity index (χ0n) is 10.8. The second-order valence-corrected chi connectivity index (χ2v) is 5.09. The van der Waals surface area contributed by atoms with Crippen LogP contribution in [0, 0.1) is 6.92 Å². The molecule has 0 spiro atoms. The van der Waals surface area contributed by atoms with Gasteiger partial charge in [-0.1, -0.05) is 6.07 Å². The van der Waals surface area contributed by atoms with E-state index in [0.29, 0.717) is 12.5 Å². The summed E-state index contributed by atoms with van der Waals surface area (Å²) >= 11 is 1.75. The third kappa shape index (κ3) is 4.67. The molecule has 0 aliphatic rings. The van der Waals surface area contributed by atoms with Crippen molar-refractivity contribution in [1.82, 2.24) is 15.3 Å². The third-order valence-corrected chi connectivity index (χ3v) is 3.44. The maximum Gasteiger partial charge on any atom is 0.188 e. The van der Waals surface area contributed by atoms with Gasteiger partial charge in [0.1, 0.15) is 5.82 Å². The molecule has 0 atom stereocenters. The van der Waals surface area contributed by atoms with Gasteiger partial charge >= 0.3 is 0 Å². The SMILES string of the molecule is Cc1nccc(CN=C(N)NCCc2cccs2)n1. The number of hydrogen-bond donors (Lipinski definition) is 2. The average molecular weight is 275 g/mol. The number of thiophene rings is 1. The smallest absolute Gasteiger partial charge is 0.188 e. The number of rotatable bonds is 5. The number of guanidine groups is 1. The van der Waals surface area contributed by atoms with Crippen molar-refractivity contribution in [3.05, 3.63) is 46.2 Å².